The molecule has 36 heavy (non-hydrogen) atoms. The van der Waals surface area contributed by atoms with Crippen LogP contribution < -0.4 is 14.7 Å². The van der Waals surface area contributed by atoms with Gasteiger partial charge in [-0.15, -0.1) is 0 Å². The third-order valence-corrected chi connectivity index (χ3v) is 6.19. The van der Waals surface area contributed by atoms with E-state index in [4.69, 9.17) is 0 Å². The van der Waals surface area contributed by atoms with E-state index in [1.54, 1.807) is 0 Å². The maximum atomic E-state index is 9.80. The number of nitrogens with zero attached hydrogens (tertiary/aromatic N) is 3. The van der Waals surface area contributed by atoms with Crippen molar-refractivity contribution in [2.24, 2.45) is 0 Å². The van der Waals surface area contributed by atoms with E-state index in [0.717, 1.165) is 33.8 Å². The van der Waals surface area contributed by atoms with Gasteiger partial charge in [-0.2, -0.15) is 0 Å². The van der Waals surface area contributed by atoms with Gasteiger partial charge >= 0.3 is 0 Å². The highest BCUT2D eigenvalue weighted by molar-refractivity contribution is 5.56. The minimum atomic E-state index is -1.19. The third kappa shape index (κ3) is 6.98. The Morgan fingerprint density at radius 3 is 1.06 bits per heavy atom. The van der Waals surface area contributed by atoms with Crippen LogP contribution in [0.4, 0.5) is 17.1 Å². The molecule has 3 aromatic rings. The molecule has 0 amide bonds. The van der Waals surface area contributed by atoms with Crippen LogP contribution in [0.25, 0.3) is 0 Å². The van der Waals surface area contributed by atoms with Crippen LogP contribution in [0.1, 0.15) is 24.0 Å². The number of benzene rings is 3. The quantitative estimate of drug-likeness (QED) is 0.256. The molecule has 0 saturated carbocycles. The summed E-state index contributed by atoms with van der Waals surface area (Å²) in [5.41, 5.74) is 5.19. The van der Waals surface area contributed by atoms with Gasteiger partial charge in [-0.3, -0.25) is 0 Å². The summed E-state index contributed by atoms with van der Waals surface area (Å²) in [5, 5.41) is 37.6. The number of rotatable bonds is 14. The first kappa shape index (κ1) is 26.0. The monoisotopic (exact) mass is 494 g/mol. The van der Waals surface area contributed by atoms with E-state index in [-0.39, 0.29) is 26.4 Å². The molecule has 7 heteroatoms. The van der Waals surface area contributed by atoms with E-state index >= 15 is 0 Å². The molecule has 0 aliphatic heterocycles. The molecule has 0 aliphatic rings. The molecule has 4 N–H and O–H groups in total. The molecule has 0 radical (unpaired) electrons. The molecule has 3 aromatic carbocycles. The van der Waals surface area contributed by atoms with Crippen LogP contribution in [0.2, 0.25) is 0 Å². The van der Waals surface area contributed by atoms with E-state index < -0.39 is 5.89 Å². The van der Waals surface area contributed by atoms with Gasteiger partial charge < -0.3 is 35.1 Å². The van der Waals surface area contributed by atoms with Gasteiger partial charge in [0.25, 0.3) is 0 Å². The van der Waals surface area contributed by atoms with Crippen molar-refractivity contribution in [3.8, 4) is 0 Å². The Labute approximate surface area is 215 Å². The van der Waals surface area contributed by atoms with Gasteiger partial charge in [0.05, 0.1) is 26.4 Å². The second kappa shape index (κ2) is 13.8. The van der Waals surface area contributed by atoms with Crippen LogP contribution in [0.5, 0.6) is 0 Å². The lowest BCUT2D eigenvalue weighted by Crippen LogP contribution is -2.29. The minimum Gasteiger partial charge on any atom is -0.395 e. The summed E-state index contributed by atoms with van der Waals surface area (Å²) in [4.78, 5) is 5.84. The van der Waals surface area contributed by atoms with Gasteiger partial charge in [0, 0.05) is 64.6 Å². The number of aliphatic hydroxyl groups excluding tert-OH is 4. The number of hydrogen-bond acceptors (Lipinski definition) is 7. The molecule has 0 atom stereocenters. The summed E-state index contributed by atoms with van der Waals surface area (Å²) in [6, 6.07) is 23.4. The van der Waals surface area contributed by atoms with Crippen molar-refractivity contribution in [1.82, 2.24) is 0 Å². The fourth-order valence-electron chi connectivity index (χ4n) is 4.33. The van der Waals surface area contributed by atoms with Crippen LogP contribution in [0.15, 0.2) is 72.8 Å². The zero-order valence-electron chi connectivity index (χ0n) is 22.2. The first-order valence-corrected chi connectivity index (χ1v) is 12.3. The molecule has 7 nitrogen and oxygen atoms in total. The Hall–Kier alpha value is -3.10. The van der Waals surface area contributed by atoms with Gasteiger partial charge in [0.2, 0.25) is 0 Å². The SMILES string of the molecule is [2H]C(c1ccc(N(C)C)cc1)(c1ccc(N(CCO)CCO)cc1)c1ccc(N(CCO)CCO)cc1. The molecule has 0 heterocycles. The zero-order valence-corrected chi connectivity index (χ0v) is 21.2. The molecule has 0 saturated heterocycles. The van der Waals surface area contributed by atoms with Gasteiger partial charge in [0.1, 0.15) is 0 Å². The Bertz CT molecular complexity index is 1000. The summed E-state index contributed by atoms with van der Waals surface area (Å²) in [5.74, 6) is -1.19. The highest BCUT2D eigenvalue weighted by Gasteiger charge is 2.18. The third-order valence-electron chi connectivity index (χ3n) is 6.19. The Balaban J connectivity index is 2.06. The summed E-state index contributed by atoms with van der Waals surface area (Å²) < 4.78 is 9.80. The summed E-state index contributed by atoms with van der Waals surface area (Å²) in [6.07, 6.45) is 0. The minimum absolute atomic E-state index is 0.0156. The Kier molecular flexibility index (Phi) is 9.99. The number of aliphatic hydroxyl groups is 4. The maximum Gasteiger partial charge on any atom is 0.0606 e. The summed E-state index contributed by atoms with van der Waals surface area (Å²) in [7, 11) is 3.96. The van der Waals surface area contributed by atoms with Crippen molar-refractivity contribution in [3.05, 3.63) is 89.5 Å². The van der Waals surface area contributed by atoms with Gasteiger partial charge in [-0.05, 0) is 53.1 Å². The van der Waals surface area contributed by atoms with Crippen molar-refractivity contribution in [3.63, 3.8) is 0 Å². The van der Waals surface area contributed by atoms with Gasteiger partial charge in [-0.1, -0.05) is 36.4 Å². The van der Waals surface area contributed by atoms with E-state index in [1.807, 2.05) is 102 Å². The van der Waals surface area contributed by atoms with Crippen molar-refractivity contribution in [1.29, 1.82) is 0 Å². The first-order chi connectivity index (χ1) is 17.9. The molecular formula is C29H39N3O4. The lowest BCUT2D eigenvalue weighted by Gasteiger charge is -2.26. The topological polar surface area (TPSA) is 90.6 Å². The van der Waals surface area contributed by atoms with E-state index in [2.05, 4.69) is 0 Å². The maximum absolute atomic E-state index is 9.80. The Morgan fingerprint density at radius 1 is 0.528 bits per heavy atom. The van der Waals surface area contributed by atoms with E-state index in [0.29, 0.717) is 26.2 Å². The predicted molar refractivity (Wildman–Crippen MR) is 147 cm³/mol. The van der Waals surface area contributed by atoms with Crippen molar-refractivity contribution < 1.29 is 21.8 Å². The zero-order chi connectivity index (χ0) is 26.8. The molecular weight excluding hydrogens is 454 g/mol. The predicted octanol–water partition coefficient (Wildman–Crippen LogP) is 2.51. The van der Waals surface area contributed by atoms with Crippen molar-refractivity contribution in [2.45, 2.75) is 5.89 Å². The highest BCUT2D eigenvalue weighted by Crippen LogP contribution is 2.35. The summed E-state index contributed by atoms with van der Waals surface area (Å²) in [6.45, 7) is 1.59. The first-order valence-electron chi connectivity index (χ1n) is 12.8. The van der Waals surface area contributed by atoms with Crippen LogP contribution >= 0.6 is 0 Å². The van der Waals surface area contributed by atoms with Crippen LogP contribution in [-0.2, 0) is 0 Å². The van der Waals surface area contributed by atoms with E-state index in [1.165, 1.54) is 0 Å². The molecule has 0 aromatic heterocycles. The second-order valence-electron chi connectivity index (χ2n) is 8.78. The highest BCUT2D eigenvalue weighted by atomic mass is 16.3. The van der Waals surface area contributed by atoms with Crippen LogP contribution in [-0.4, -0.2) is 87.1 Å². The van der Waals surface area contributed by atoms with E-state index in [9.17, 15) is 21.8 Å². The molecule has 0 aliphatic carbocycles. The fraction of sp³-hybridized carbons (Fsp3) is 0.379. The number of anilines is 3. The van der Waals surface area contributed by atoms with Gasteiger partial charge in [-0.25, -0.2) is 0 Å². The molecule has 0 bridgehead atoms. The van der Waals surface area contributed by atoms with Crippen molar-refractivity contribution >= 4 is 17.1 Å². The second-order valence-corrected chi connectivity index (χ2v) is 8.78. The Morgan fingerprint density at radius 2 is 0.806 bits per heavy atom. The molecule has 3 rings (SSSR count). The van der Waals surface area contributed by atoms with Gasteiger partial charge in [0.15, 0.2) is 0 Å². The average Bonchev–Trinajstić information content (AvgIpc) is 2.92. The van der Waals surface area contributed by atoms with Crippen LogP contribution in [0, 0.1) is 0 Å². The number of hydrogen-bond donors (Lipinski definition) is 4. The molecule has 0 fully saturated rings. The largest absolute Gasteiger partial charge is 0.395 e. The summed E-state index contributed by atoms with van der Waals surface area (Å²) >= 11 is 0. The molecule has 194 valence electrons. The standard InChI is InChI=1S/C29H39N3O4/c1-30(2)26-9-3-23(4-10-26)29(24-5-11-27(12-6-24)31(15-19-33)16-20-34)25-7-13-28(14-8-25)32(17-21-35)18-22-36/h3-14,29,33-36H,15-22H2,1-2H3/i29D. The van der Waals surface area contributed by atoms with Crippen molar-refractivity contribution in [2.75, 3.05) is 81.4 Å². The normalized spacial score (nSPS) is 11.8. The lowest BCUT2D eigenvalue weighted by molar-refractivity contribution is 0.280. The average molecular weight is 495 g/mol. The molecule has 0 unspecified atom stereocenters. The molecule has 0 spiro atoms. The lowest BCUT2D eigenvalue weighted by atomic mass is 9.85. The smallest absolute Gasteiger partial charge is 0.0606 e. The van der Waals surface area contributed by atoms with Crippen LogP contribution in [0.3, 0.4) is 0 Å². The fourth-order valence-corrected chi connectivity index (χ4v) is 4.33.